The van der Waals surface area contributed by atoms with Gasteiger partial charge in [0.25, 0.3) is 11.8 Å². The summed E-state index contributed by atoms with van der Waals surface area (Å²) in [6, 6.07) is 12.0. The lowest BCUT2D eigenvalue weighted by Crippen LogP contribution is -2.13. The first-order valence-electron chi connectivity index (χ1n) is 9.80. The third-order valence-electron chi connectivity index (χ3n) is 4.81. The first-order chi connectivity index (χ1) is 16.0. The van der Waals surface area contributed by atoms with Crippen molar-refractivity contribution in [2.75, 3.05) is 24.9 Å². The average Bonchev–Trinajstić information content (AvgIpc) is 3.48. The van der Waals surface area contributed by atoms with Crippen molar-refractivity contribution in [2.45, 2.75) is 6.92 Å². The van der Waals surface area contributed by atoms with Crippen molar-refractivity contribution in [1.29, 1.82) is 0 Å². The van der Waals surface area contributed by atoms with Crippen molar-refractivity contribution >= 4 is 34.0 Å². The Labute approximate surface area is 193 Å². The fourth-order valence-corrected chi connectivity index (χ4v) is 3.76. The molecule has 0 bridgehead atoms. The smallest absolute Gasteiger partial charge is 0.260 e. The molecule has 33 heavy (non-hydrogen) atoms. The number of aromatic nitrogens is 2. The zero-order chi connectivity index (χ0) is 23.4. The third-order valence-corrected chi connectivity index (χ3v) is 5.57. The molecule has 0 fully saturated rings. The van der Waals surface area contributed by atoms with E-state index >= 15 is 0 Å². The lowest BCUT2D eigenvalue weighted by atomic mass is 10.1. The molecule has 9 nitrogen and oxygen atoms in total. The number of aryl methyl sites for hydroxylation is 1. The summed E-state index contributed by atoms with van der Waals surface area (Å²) in [6.07, 6.45) is 1.36. The summed E-state index contributed by atoms with van der Waals surface area (Å²) in [7, 11) is 3.16. The van der Waals surface area contributed by atoms with Crippen molar-refractivity contribution in [1.82, 2.24) is 10.1 Å². The Morgan fingerprint density at radius 3 is 2.45 bits per heavy atom. The highest BCUT2D eigenvalue weighted by Gasteiger charge is 2.15. The second-order valence-corrected chi connectivity index (χ2v) is 7.74. The molecule has 0 unspecified atom stereocenters. The first kappa shape index (κ1) is 22.0. The maximum atomic E-state index is 12.6. The summed E-state index contributed by atoms with van der Waals surface area (Å²) in [5.74, 6) is 1.08. The Morgan fingerprint density at radius 1 is 1.00 bits per heavy atom. The van der Waals surface area contributed by atoms with Crippen LogP contribution in [0.15, 0.2) is 58.6 Å². The average molecular weight is 465 g/mol. The lowest BCUT2D eigenvalue weighted by molar-refractivity contribution is 0.101. The number of ether oxygens (including phenoxy) is 2. The van der Waals surface area contributed by atoms with E-state index < -0.39 is 0 Å². The third kappa shape index (κ3) is 4.85. The zero-order valence-corrected chi connectivity index (χ0v) is 18.9. The lowest BCUT2D eigenvalue weighted by Gasteiger charge is -2.08. The minimum atomic E-state index is -0.338. The van der Waals surface area contributed by atoms with E-state index in [0.717, 1.165) is 5.56 Å². The van der Waals surface area contributed by atoms with Gasteiger partial charge in [-0.15, -0.1) is 11.3 Å². The molecule has 2 amide bonds. The van der Waals surface area contributed by atoms with Crippen LogP contribution in [-0.4, -0.2) is 36.2 Å². The van der Waals surface area contributed by atoms with Crippen LogP contribution in [0.25, 0.3) is 11.3 Å². The number of carbonyl (C=O) groups is 2. The number of benzene rings is 2. The van der Waals surface area contributed by atoms with E-state index in [2.05, 4.69) is 20.8 Å². The highest BCUT2D eigenvalue weighted by atomic mass is 32.1. The van der Waals surface area contributed by atoms with Crippen LogP contribution in [-0.2, 0) is 0 Å². The maximum absolute atomic E-state index is 12.6. The Hall–Kier alpha value is -4.18. The Bertz CT molecular complexity index is 1300. The number of thiazole rings is 1. The second kappa shape index (κ2) is 9.53. The minimum Gasteiger partial charge on any atom is -0.497 e. The normalized spacial score (nSPS) is 10.5. The predicted molar refractivity (Wildman–Crippen MR) is 124 cm³/mol. The second-order valence-electron chi connectivity index (χ2n) is 6.89. The molecule has 0 spiro atoms. The van der Waals surface area contributed by atoms with Crippen LogP contribution in [0.4, 0.5) is 10.8 Å². The van der Waals surface area contributed by atoms with E-state index in [1.54, 1.807) is 51.5 Å². The van der Waals surface area contributed by atoms with Crippen molar-refractivity contribution in [3.05, 3.63) is 70.9 Å². The number of rotatable bonds is 7. The molecular formula is C23H20N4O5S. The molecule has 2 aromatic carbocycles. The van der Waals surface area contributed by atoms with E-state index in [4.69, 9.17) is 14.0 Å². The minimum absolute atomic E-state index is 0.314. The van der Waals surface area contributed by atoms with Gasteiger partial charge < -0.3 is 19.3 Å². The Morgan fingerprint density at radius 2 is 1.79 bits per heavy atom. The van der Waals surface area contributed by atoms with Crippen molar-refractivity contribution in [3.8, 4) is 22.8 Å². The van der Waals surface area contributed by atoms with Gasteiger partial charge in [-0.3, -0.25) is 14.9 Å². The Balaban J connectivity index is 1.42. The number of nitrogens with zero attached hydrogens (tertiary/aromatic N) is 2. The molecule has 0 saturated carbocycles. The van der Waals surface area contributed by atoms with Gasteiger partial charge in [-0.25, -0.2) is 4.98 Å². The summed E-state index contributed by atoms with van der Waals surface area (Å²) >= 11 is 1.31. The van der Waals surface area contributed by atoms with E-state index in [9.17, 15) is 9.59 Å². The molecule has 0 radical (unpaired) electrons. The van der Waals surface area contributed by atoms with Crippen LogP contribution in [0, 0.1) is 6.92 Å². The maximum Gasteiger partial charge on any atom is 0.260 e. The van der Waals surface area contributed by atoms with Gasteiger partial charge in [0.05, 0.1) is 26.1 Å². The summed E-state index contributed by atoms with van der Waals surface area (Å²) in [4.78, 5) is 29.4. The monoisotopic (exact) mass is 464 g/mol. The first-order valence-corrected chi connectivity index (χ1v) is 10.7. The molecule has 0 atom stereocenters. The van der Waals surface area contributed by atoms with Gasteiger partial charge in [-0.2, -0.15) is 0 Å². The number of hydrogen-bond acceptors (Lipinski definition) is 8. The van der Waals surface area contributed by atoms with Gasteiger partial charge >= 0.3 is 0 Å². The molecule has 2 aromatic heterocycles. The van der Waals surface area contributed by atoms with Crippen LogP contribution in [0.5, 0.6) is 11.5 Å². The van der Waals surface area contributed by atoms with Crippen LogP contribution in [0.2, 0.25) is 0 Å². The van der Waals surface area contributed by atoms with Gasteiger partial charge in [0, 0.05) is 28.3 Å². The van der Waals surface area contributed by atoms with Crippen LogP contribution < -0.4 is 20.1 Å². The van der Waals surface area contributed by atoms with Gasteiger partial charge in [0.1, 0.15) is 22.8 Å². The predicted octanol–water partition coefficient (Wildman–Crippen LogP) is 4.63. The zero-order valence-electron chi connectivity index (χ0n) is 18.0. The Kier molecular flexibility index (Phi) is 6.36. The van der Waals surface area contributed by atoms with E-state index in [1.807, 2.05) is 17.5 Å². The molecular weight excluding hydrogens is 444 g/mol. The summed E-state index contributed by atoms with van der Waals surface area (Å²) in [5.41, 5.74) is 2.79. The number of hydrogen-bond donors (Lipinski definition) is 2. The molecule has 0 saturated heterocycles. The van der Waals surface area contributed by atoms with Crippen molar-refractivity contribution < 1.29 is 23.6 Å². The molecule has 4 rings (SSSR count). The van der Waals surface area contributed by atoms with Crippen LogP contribution in [0.3, 0.4) is 0 Å². The molecule has 10 heteroatoms. The van der Waals surface area contributed by atoms with Gasteiger partial charge in [0.15, 0.2) is 5.13 Å². The van der Waals surface area contributed by atoms with Crippen LogP contribution >= 0.6 is 11.3 Å². The summed E-state index contributed by atoms with van der Waals surface area (Å²) in [6.45, 7) is 1.66. The number of methoxy groups -OCH3 is 2. The molecule has 0 aliphatic heterocycles. The van der Waals surface area contributed by atoms with E-state index in [1.165, 1.54) is 17.5 Å². The topological polar surface area (TPSA) is 116 Å². The highest BCUT2D eigenvalue weighted by Crippen LogP contribution is 2.35. The van der Waals surface area contributed by atoms with Gasteiger partial charge in [-0.05, 0) is 43.3 Å². The summed E-state index contributed by atoms with van der Waals surface area (Å²) in [5, 5.41) is 11.4. The SMILES string of the molecule is COc1ccc(-c2csc(NC(=O)c3ccc(NC(=O)c4cnoc4C)cc3)n2)c(OC)c1. The van der Waals surface area contributed by atoms with Crippen molar-refractivity contribution in [3.63, 3.8) is 0 Å². The van der Waals surface area contributed by atoms with Crippen LogP contribution in [0.1, 0.15) is 26.5 Å². The number of nitrogens with one attached hydrogen (secondary N) is 2. The largest absolute Gasteiger partial charge is 0.497 e. The fourth-order valence-electron chi connectivity index (χ4n) is 3.05. The number of anilines is 2. The van der Waals surface area contributed by atoms with E-state index in [-0.39, 0.29) is 11.8 Å². The molecule has 2 N–H and O–H groups in total. The van der Waals surface area contributed by atoms with Gasteiger partial charge in [-0.1, -0.05) is 5.16 Å². The molecule has 4 aromatic rings. The fraction of sp³-hybridized carbons (Fsp3) is 0.130. The highest BCUT2D eigenvalue weighted by molar-refractivity contribution is 7.14. The summed E-state index contributed by atoms with van der Waals surface area (Å²) < 4.78 is 15.6. The number of carbonyl (C=O) groups excluding carboxylic acids is 2. The molecule has 2 heterocycles. The quantitative estimate of drug-likeness (QED) is 0.410. The standard InChI is InChI=1S/C23H20N4O5S/c1-13-18(11-24-32-13)22(29)25-15-6-4-14(5-7-15)21(28)27-23-26-19(12-33-23)17-9-8-16(30-2)10-20(17)31-3/h4-12H,1-3H3,(H,25,29)(H,26,27,28). The van der Waals surface area contributed by atoms with E-state index in [0.29, 0.717) is 44.9 Å². The number of amides is 2. The molecule has 0 aliphatic rings. The van der Waals surface area contributed by atoms with Crippen molar-refractivity contribution in [2.24, 2.45) is 0 Å². The van der Waals surface area contributed by atoms with Gasteiger partial charge in [0.2, 0.25) is 0 Å². The molecule has 168 valence electrons. The molecule has 0 aliphatic carbocycles.